The van der Waals surface area contributed by atoms with Gasteiger partial charge in [0.05, 0.1) is 35.6 Å². The number of alkyl halides is 3. The molecule has 2 aromatic heterocycles. The van der Waals surface area contributed by atoms with E-state index in [2.05, 4.69) is 25.5 Å². The highest BCUT2D eigenvalue weighted by molar-refractivity contribution is 6.05. The molecule has 200 valence electrons. The standard InChI is InChI=1S/C25H27F3N8O2/c26-25(27,28)22-21(38-16-1-2-16)4-3-18(23(22)35-12-11-34-9-6-17(29)20(34)14-35)32-24(37)19-7-10-36(33-19)15-5-8-30-31-13-15/h3-5,7-8,10,13,16-17,20H,1-2,6,9,11-12,14,29H2,(H,32,37)/t17-,20+/m1/s1. The van der Waals surface area contributed by atoms with Crippen molar-refractivity contribution in [3.8, 4) is 11.4 Å². The maximum Gasteiger partial charge on any atom is 0.422 e. The largest absolute Gasteiger partial charge is 0.490 e. The van der Waals surface area contributed by atoms with Gasteiger partial charge in [0.15, 0.2) is 5.69 Å². The number of nitrogens with two attached hydrogens (primary N) is 1. The van der Waals surface area contributed by atoms with Crippen molar-refractivity contribution in [3.05, 3.63) is 54.1 Å². The van der Waals surface area contributed by atoms with E-state index in [1.807, 2.05) is 0 Å². The Bertz CT molecular complexity index is 1330. The summed E-state index contributed by atoms with van der Waals surface area (Å²) in [6.07, 6.45) is 1.85. The molecule has 1 aromatic carbocycles. The van der Waals surface area contributed by atoms with E-state index in [1.54, 1.807) is 17.2 Å². The highest BCUT2D eigenvalue weighted by Crippen LogP contribution is 2.48. The third-order valence-corrected chi connectivity index (χ3v) is 7.24. The van der Waals surface area contributed by atoms with Crippen LogP contribution in [0.25, 0.3) is 5.69 Å². The van der Waals surface area contributed by atoms with E-state index < -0.39 is 17.6 Å². The van der Waals surface area contributed by atoms with Gasteiger partial charge in [0.2, 0.25) is 0 Å². The van der Waals surface area contributed by atoms with Crippen LogP contribution in [0.15, 0.2) is 42.9 Å². The molecule has 38 heavy (non-hydrogen) atoms. The van der Waals surface area contributed by atoms with Crippen LogP contribution in [0.2, 0.25) is 0 Å². The number of amides is 1. The lowest BCUT2D eigenvalue weighted by Gasteiger charge is -2.41. The van der Waals surface area contributed by atoms with Crippen molar-refractivity contribution in [3.63, 3.8) is 0 Å². The van der Waals surface area contributed by atoms with Crippen LogP contribution in [0.5, 0.6) is 5.75 Å². The summed E-state index contributed by atoms with van der Waals surface area (Å²) in [7, 11) is 0. The molecule has 1 aliphatic carbocycles. The topological polar surface area (TPSA) is 114 Å². The highest BCUT2D eigenvalue weighted by Gasteiger charge is 2.44. The molecule has 0 bridgehead atoms. The molecule has 2 atom stereocenters. The Morgan fingerprint density at radius 2 is 1.92 bits per heavy atom. The van der Waals surface area contributed by atoms with Crippen molar-refractivity contribution >= 4 is 17.3 Å². The second-order valence-corrected chi connectivity index (χ2v) is 9.85. The minimum Gasteiger partial charge on any atom is -0.490 e. The molecule has 0 spiro atoms. The van der Waals surface area contributed by atoms with Gasteiger partial charge in [-0.15, -0.1) is 0 Å². The molecule has 3 aromatic rings. The van der Waals surface area contributed by atoms with Crippen LogP contribution in [0.3, 0.4) is 0 Å². The summed E-state index contributed by atoms with van der Waals surface area (Å²) < 4.78 is 51.0. The second kappa shape index (κ2) is 9.55. The summed E-state index contributed by atoms with van der Waals surface area (Å²) in [5, 5.41) is 14.5. The minimum atomic E-state index is -4.70. The van der Waals surface area contributed by atoms with Gasteiger partial charge in [0.25, 0.3) is 5.91 Å². The van der Waals surface area contributed by atoms with E-state index in [0.29, 0.717) is 25.3 Å². The van der Waals surface area contributed by atoms with Gasteiger partial charge in [-0.2, -0.15) is 28.5 Å². The monoisotopic (exact) mass is 528 g/mol. The smallest absolute Gasteiger partial charge is 0.422 e. The molecule has 2 saturated heterocycles. The van der Waals surface area contributed by atoms with Crippen LogP contribution >= 0.6 is 0 Å². The Kier molecular flexibility index (Phi) is 6.19. The molecule has 3 N–H and O–H groups in total. The first kappa shape index (κ1) is 24.6. The van der Waals surface area contributed by atoms with Crippen molar-refractivity contribution in [2.24, 2.45) is 5.73 Å². The van der Waals surface area contributed by atoms with E-state index in [1.165, 1.54) is 35.3 Å². The molecule has 2 aliphatic heterocycles. The molecule has 0 unspecified atom stereocenters. The number of nitrogens with zero attached hydrogens (tertiary/aromatic N) is 6. The summed E-state index contributed by atoms with van der Waals surface area (Å²) in [6, 6.07) is 5.74. The lowest BCUT2D eigenvalue weighted by molar-refractivity contribution is -0.138. The number of benzene rings is 1. The first-order valence-corrected chi connectivity index (χ1v) is 12.6. The summed E-state index contributed by atoms with van der Waals surface area (Å²) in [5.41, 5.74) is 6.00. The fourth-order valence-corrected chi connectivity index (χ4v) is 5.18. The number of anilines is 2. The molecular formula is C25H27F3N8O2. The van der Waals surface area contributed by atoms with E-state index in [-0.39, 0.29) is 41.0 Å². The number of fused-ring (bicyclic) bond motifs is 1. The Morgan fingerprint density at radius 3 is 2.66 bits per heavy atom. The zero-order valence-electron chi connectivity index (χ0n) is 20.4. The van der Waals surface area contributed by atoms with Crippen LogP contribution in [0, 0.1) is 0 Å². The van der Waals surface area contributed by atoms with Gasteiger partial charge in [-0.25, -0.2) is 4.68 Å². The highest BCUT2D eigenvalue weighted by atomic mass is 19.4. The van der Waals surface area contributed by atoms with Crippen molar-refractivity contribution < 1.29 is 22.7 Å². The number of aromatic nitrogens is 4. The van der Waals surface area contributed by atoms with E-state index in [9.17, 15) is 18.0 Å². The fourth-order valence-electron chi connectivity index (χ4n) is 5.18. The van der Waals surface area contributed by atoms with Crippen LogP contribution in [-0.4, -0.2) is 75.2 Å². The number of hydrogen-bond acceptors (Lipinski definition) is 8. The molecule has 10 nitrogen and oxygen atoms in total. The van der Waals surface area contributed by atoms with Gasteiger partial charge in [-0.1, -0.05) is 0 Å². The van der Waals surface area contributed by atoms with E-state index >= 15 is 0 Å². The SMILES string of the molecule is N[C@@H]1CCN2CCN(c3c(NC(=O)c4ccn(-c5ccnnc5)n4)ccc(OC4CC4)c3C(F)(F)F)C[C@@H]12. The quantitative estimate of drug-likeness (QED) is 0.502. The van der Waals surface area contributed by atoms with Crippen LogP contribution in [-0.2, 0) is 6.18 Å². The van der Waals surface area contributed by atoms with Crippen LogP contribution in [0.1, 0.15) is 35.3 Å². The maximum absolute atomic E-state index is 14.6. The van der Waals surface area contributed by atoms with Crippen molar-refractivity contribution in [2.45, 2.75) is 43.6 Å². The molecular weight excluding hydrogens is 501 g/mol. The number of rotatable bonds is 6. The predicted molar refractivity (Wildman–Crippen MR) is 132 cm³/mol. The van der Waals surface area contributed by atoms with Gasteiger partial charge in [0, 0.05) is 44.5 Å². The Morgan fingerprint density at radius 1 is 1.08 bits per heavy atom. The zero-order chi connectivity index (χ0) is 26.4. The van der Waals surface area contributed by atoms with Crippen LogP contribution in [0.4, 0.5) is 24.5 Å². The first-order valence-electron chi connectivity index (χ1n) is 12.6. The number of ether oxygens (including phenoxy) is 1. The Hall–Kier alpha value is -3.71. The number of carbonyl (C=O) groups excluding carboxylic acids is 1. The maximum atomic E-state index is 14.6. The molecule has 1 amide bonds. The van der Waals surface area contributed by atoms with Gasteiger partial charge < -0.3 is 20.7 Å². The number of carbonyl (C=O) groups is 1. The number of nitrogens with one attached hydrogen (secondary N) is 1. The average Bonchev–Trinajstić information content (AvgIpc) is 3.43. The third-order valence-electron chi connectivity index (χ3n) is 7.24. The number of hydrogen-bond donors (Lipinski definition) is 2. The molecule has 6 rings (SSSR count). The summed E-state index contributed by atoms with van der Waals surface area (Å²) in [6.45, 7) is 2.10. The summed E-state index contributed by atoms with van der Waals surface area (Å²) in [5.74, 6) is -0.854. The minimum absolute atomic E-state index is 0.0438. The summed E-state index contributed by atoms with van der Waals surface area (Å²) >= 11 is 0. The molecule has 0 radical (unpaired) electrons. The first-order chi connectivity index (χ1) is 18.3. The Balaban J connectivity index is 1.36. The van der Waals surface area contributed by atoms with Crippen molar-refractivity contribution in [1.82, 2.24) is 24.9 Å². The van der Waals surface area contributed by atoms with E-state index in [4.69, 9.17) is 10.5 Å². The van der Waals surface area contributed by atoms with Crippen LogP contribution < -0.4 is 20.7 Å². The second-order valence-electron chi connectivity index (χ2n) is 9.85. The predicted octanol–water partition coefficient (Wildman–Crippen LogP) is 2.70. The molecule has 3 fully saturated rings. The van der Waals surface area contributed by atoms with Crippen molar-refractivity contribution in [1.29, 1.82) is 0 Å². The lowest BCUT2D eigenvalue weighted by Crippen LogP contribution is -2.55. The summed E-state index contributed by atoms with van der Waals surface area (Å²) in [4.78, 5) is 17.1. The number of piperazine rings is 1. The average molecular weight is 529 g/mol. The van der Waals surface area contributed by atoms with E-state index in [0.717, 1.165) is 25.8 Å². The zero-order valence-corrected chi connectivity index (χ0v) is 20.4. The fraction of sp³-hybridized carbons (Fsp3) is 0.440. The Labute approximate surface area is 216 Å². The lowest BCUT2D eigenvalue weighted by atomic mass is 10.0. The molecule has 1 saturated carbocycles. The van der Waals surface area contributed by atoms with Gasteiger partial charge in [-0.05, 0) is 43.5 Å². The molecule has 13 heteroatoms. The van der Waals surface area contributed by atoms with Gasteiger partial charge in [0.1, 0.15) is 11.3 Å². The third kappa shape index (κ3) is 4.78. The van der Waals surface area contributed by atoms with Gasteiger partial charge >= 0.3 is 6.18 Å². The van der Waals surface area contributed by atoms with Gasteiger partial charge in [-0.3, -0.25) is 9.69 Å². The molecule has 4 heterocycles. The molecule has 3 aliphatic rings. The normalized spacial score (nSPS) is 21.8. The number of halogens is 3. The van der Waals surface area contributed by atoms with Crippen molar-refractivity contribution in [2.75, 3.05) is 36.4 Å².